The molecule has 0 N–H and O–H groups in total. The number of methoxy groups -OCH3 is 1. The van der Waals surface area contributed by atoms with Crippen molar-refractivity contribution in [1.29, 1.82) is 0 Å². The SMILES string of the molecule is COCCCn1c(CN(C)Cc2nc(C)cs2)cnc1S(=O)(=O)C1CCCC1. The first kappa shape index (κ1) is 21.4. The Morgan fingerprint density at radius 3 is 2.71 bits per heavy atom. The number of imidazole rings is 1. The monoisotopic (exact) mass is 426 g/mol. The van der Waals surface area contributed by atoms with E-state index in [1.165, 1.54) is 0 Å². The topological polar surface area (TPSA) is 77.3 Å². The van der Waals surface area contributed by atoms with Gasteiger partial charge in [-0.3, -0.25) is 4.90 Å². The molecule has 2 aromatic rings. The number of sulfone groups is 1. The van der Waals surface area contributed by atoms with Crippen LogP contribution in [0.25, 0.3) is 0 Å². The molecule has 9 heteroatoms. The molecule has 2 heterocycles. The Hall–Kier alpha value is -1.29. The summed E-state index contributed by atoms with van der Waals surface area (Å²) in [6, 6.07) is 0. The first-order valence-corrected chi connectivity index (χ1v) is 12.2. The van der Waals surface area contributed by atoms with Crippen molar-refractivity contribution < 1.29 is 13.2 Å². The van der Waals surface area contributed by atoms with Gasteiger partial charge in [-0.2, -0.15) is 0 Å². The quantitative estimate of drug-likeness (QED) is 0.544. The average Bonchev–Trinajstić information content (AvgIpc) is 3.37. The Balaban J connectivity index is 1.80. The molecule has 28 heavy (non-hydrogen) atoms. The molecule has 7 nitrogen and oxygen atoms in total. The molecule has 1 saturated carbocycles. The fraction of sp³-hybridized carbons (Fsp3) is 0.684. The fourth-order valence-electron chi connectivity index (χ4n) is 3.74. The standard InChI is InChI=1S/C19H30N4O3S2/c1-15-14-27-18(21-15)13-22(2)12-16-11-20-19(23(16)9-6-10-26-3)28(24,25)17-7-4-5-8-17/h11,14,17H,4-10,12-13H2,1-3H3. The zero-order chi connectivity index (χ0) is 20.1. The van der Waals surface area contributed by atoms with E-state index in [4.69, 9.17) is 4.74 Å². The molecular weight excluding hydrogens is 396 g/mol. The van der Waals surface area contributed by atoms with Gasteiger partial charge in [0.2, 0.25) is 15.0 Å². The largest absolute Gasteiger partial charge is 0.385 e. The summed E-state index contributed by atoms with van der Waals surface area (Å²) >= 11 is 1.65. The van der Waals surface area contributed by atoms with Crippen LogP contribution in [0.15, 0.2) is 16.7 Å². The van der Waals surface area contributed by atoms with E-state index in [1.54, 1.807) is 24.6 Å². The van der Waals surface area contributed by atoms with E-state index >= 15 is 0 Å². The summed E-state index contributed by atoms with van der Waals surface area (Å²) in [7, 11) is 0.289. The van der Waals surface area contributed by atoms with Crippen LogP contribution in [0.5, 0.6) is 0 Å². The molecule has 0 saturated heterocycles. The van der Waals surface area contributed by atoms with Crippen LogP contribution < -0.4 is 0 Å². The molecule has 0 amide bonds. The van der Waals surface area contributed by atoms with Gasteiger partial charge in [0.05, 0.1) is 23.7 Å². The lowest BCUT2D eigenvalue weighted by Gasteiger charge is -2.18. The van der Waals surface area contributed by atoms with Crippen molar-refractivity contribution in [3.63, 3.8) is 0 Å². The van der Waals surface area contributed by atoms with Crippen LogP contribution in [0.2, 0.25) is 0 Å². The van der Waals surface area contributed by atoms with Crippen LogP contribution in [0.3, 0.4) is 0 Å². The molecule has 0 radical (unpaired) electrons. The van der Waals surface area contributed by atoms with Crippen molar-refractivity contribution in [1.82, 2.24) is 19.4 Å². The van der Waals surface area contributed by atoms with E-state index in [1.807, 2.05) is 23.9 Å². The van der Waals surface area contributed by atoms with Crippen molar-refractivity contribution in [2.24, 2.45) is 0 Å². The number of hydrogen-bond acceptors (Lipinski definition) is 7. The highest BCUT2D eigenvalue weighted by Crippen LogP contribution is 2.30. The number of rotatable bonds is 10. The van der Waals surface area contributed by atoms with Gasteiger partial charge in [-0.25, -0.2) is 18.4 Å². The van der Waals surface area contributed by atoms with Crippen LogP contribution >= 0.6 is 11.3 Å². The second-order valence-corrected chi connectivity index (χ2v) is 10.6. The zero-order valence-electron chi connectivity index (χ0n) is 16.9. The lowest BCUT2D eigenvalue weighted by molar-refractivity contribution is 0.188. The number of aromatic nitrogens is 3. The lowest BCUT2D eigenvalue weighted by atomic mass is 10.3. The molecular formula is C19H30N4O3S2. The summed E-state index contributed by atoms with van der Waals surface area (Å²) in [5, 5.41) is 3.04. The minimum absolute atomic E-state index is 0.226. The van der Waals surface area contributed by atoms with E-state index in [9.17, 15) is 8.42 Å². The molecule has 1 fully saturated rings. The number of thiazole rings is 1. The van der Waals surface area contributed by atoms with Crippen LogP contribution in [0, 0.1) is 6.92 Å². The van der Waals surface area contributed by atoms with Gasteiger partial charge in [0.15, 0.2) is 0 Å². The third-order valence-corrected chi connectivity index (χ3v) is 8.27. The highest BCUT2D eigenvalue weighted by atomic mass is 32.2. The van der Waals surface area contributed by atoms with Gasteiger partial charge in [-0.1, -0.05) is 12.8 Å². The molecule has 0 atom stereocenters. The van der Waals surface area contributed by atoms with Gasteiger partial charge in [0.25, 0.3) is 0 Å². The van der Waals surface area contributed by atoms with Crippen molar-refractivity contribution in [2.45, 2.75) is 69.1 Å². The molecule has 1 aliphatic carbocycles. The lowest BCUT2D eigenvalue weighted by Crippen LogP contribution is -2.25. The minimum atomic E-state index is -3.39. The number of ether oxygens (including phenoxy) is 1. The van der Waals surface area contributed by atoms with Gasteiger partial charge < -0.3 is 9.30 Å². The second-order valence-electron chi connectivity index (χ2n) is 7.54. The highest BCUT2D eigenvalue weighted by Gasteiger charge is 2.34. The smallest absolute Gasteiger partial charge is 0.228 e. The molecule has 3 rings (SSSR count). The average molecular weight is 427 g/mol. The molecule has 0 aliphatic heterocycles. The van der Waals surface area contributed by atoms with Crippen LogP contribution in [0.4, 0.5) is 0 Å². The van der Waals surface area contributed by atoms with Crippen LogP contribution in [-0.2, 0) is 34.2 Å². The molecule has 2 aromatic heterocycles. The van der Waals surface area contributed by atoms with Crippen LogP contribution in [0.1, 0.15) is 48.5 Å². The van der Waals surface area contributed by atoms with Gasteiger partial charge in [0.1, 0.15) is 5.01 Å². The first-order valence-electron chi connectivity index (χ1n) is 9.78. The van der Waals surface area contributed by atoms with Gasteiger partial charge in [-0.05, 0) is 33.2 Å². The Labute approximate surface area is 171 Å². The third-order valence-electron chi connectivity index (χ3n) is 5.13. The predicted octanol–water partition coefficient (Wildman–Crippen LogP) is 3.03. The van der Waals surface area contributed by atoms with Crippen molar-refractivity contribution in [3.05, 3.63) is 28.0 Å². The normalized spacial score (nSPS) is 15.7. The molecule has 1 aliphatic rings. The Morgan fingerprint density at radius 1 is 1.32 bits per heavy atom. The summed E-state index contributed by atoms with van der Waals surface area (Å²) < 4.78 is 33.3. The van der Waals surface area contributed by atoms with E-state index in [-0.39, 0.29) is 10.4 Å². The Morgan fingerprint density at radius 2 is 2.07 bits per heavy atom. The summed E-state index contributed by atoms with van der Waals surface area (Å²) in [4.78, 5) is 11.0. The molecule has 0 unspecified atom stereocenters. The van der Waals surface area contributed by atoms with Crippen molar-refractivity contribution >= 4 is 21.2 Å². The van der Waals surface area contributed by atoms with Crippen LogP contribution in [-0.4, -0.2) is 53.9 Å². The number of hydrogen-bond donors (Lipinski definition) is 0. The maximum Gasteiger partial charge on any atom is 0.228 e. The van der Waals surface area contributed by atoms with Gasteiger partial charge in [-0.15, -0.1) is 11.3 Å². The Bertz CT molecular complexity index is 870. The maximum atomic E-state index is 13.1. The second kappa shape index (κ2) is 9.47. The minimum Gasteiger partial charge on any atom is -0.385 e. The van der Waals surface area contributed by atoms with Gasteiger partial charge in [0, 0.05) is 37.9 Å². The van der Waals surface area contributed by atoms with E-state index in [0.29, 0.717) is 19.7 Å². The van der Waals surface area contributed by atoms with E-state index in [2.05, 4.69) is 14.9 Å². The highest BCUT2D eigenvalue weighted by molar-refractivity contribution is 7.91. The Kier molecular flexibility index (Phi) is 7.25. The molecule has 0 aromatic carbocycles. The molecule has 0 spiro atoms. The molecule has 0 bridgehead atoms. The summed E-state index contributed by atoms with van der Waals surface area (Å²) in [6.07, 6.45) is 5.92. The van der Waals surface area contributed by atoms with Gasteiger partial charge >= 0.3 is 0 Å². The van der Waals surface area contributed by atoms with E-state index in [0.717, 1.165) is 55.0 Å². The molecule has 156 valence electrons. The summed E-state index contributed by atoms with van der Waals surface area (Å²) in [5.41, 5.74) is 1.95. The fourth-order valence-corrected chi connectivity index (χ4v) is 6.56. The van der Waals surface area contributed by atoms with Crippen molar-refractivity contribution in [3.8, 4) is 0 Å². The summed E-state index contributed by atoms with van der Waals surface area (Å²) in [5.74, 6) is 0. The number of nitrogens with zero attached hydrogens (tertiary/aromatic N) is 4. The maximum absolute atomic E-state index is 13.1. The first-order chi connectivity index (χ1) is 13.4. The predicted molar refractivity (Wildman–Crippen MR) is 110 cm³/mol. The van der Waals surface area contributed by atoms with E-state index < -0.39 is 9.84 Å². The zero-order valence-corrected chi connectivity index (χ0v) is 18.6. The van der Waals surface area contributed by atoms with Crippen molar-refractivity contribution in [2.75, 3.05) is 20.8 Å². The number of aryl methyl sites for hydroxylation is 1. The summed E-state index contributed by atoms with van der Waals surface area (Å²) in [6.45, 7) is 4.53. The third kappa shape index (κ3) is 5.00.